The Bertz CT molecular complexity index is 470. The fourth-order valence-corrected chi connectivity index (χ4v) is 1.02. The molecule has 0 fully saturated rings. The van der Waals surface area contributed by atoms with Crippen molar-refractivity contribution >= 4 is 5.97 Å². The predicted octanol–water partition coefficient (Wildman–Crippen LogP) is 1.03. The van der Waals surface area contributed by atoms with E-state index in [0.29, 0.717) is 12.2 Å². The summed E-state index contributed by atoms with van der Waals surface area (Å²) < 4.78 is 4.75. The van der Waals surface area contributed by atoms with Crippen molar-refractivity contribution in [2.75, 3.05) is 0 Å². The Morgan fingerprint density at radius 3 is 2.22 bits per heavy atom. The molecule has 1 aromatic carbocycles. The molecule has 0 unspecified atom stereocenters. The second kappa shape index (κ2) is 6.09. The molecule has 0 aliphatic carbocycles. The number of carbonyl (C=O) groups excluding carboxylic acids is 1. The quantitative estimate of drug-likeness (QED) is 0.193. The summed E-state index contributed by atoms with van der Waals surface area (Å²) in [5.74, 6) is -0.680. The van der Waals surface area contributed by atoms with Crippen LogP contribution in [0, 0.1) is 20.2 Å². The van der Waals surface area contributed by atoms with E-state index >= 15 is 0 Å². The van der Waals surface area contributed by atoms with Crippen LogP contribution in [-0.4, -0.2) is 22.0 Å². The lowest BCUT2D eigenvalue weighted by Gasteiger charge is -1.99. The molecule has 18 heavy (non-hydrogen) atoms. The highest BCUT2D eigenvalue weighted by Gasteiger charge is 2.28. The zero-order chi connectivity index (χ0) is 13.5. The van der Waals surface area contributed by atoms with Gasteiger partial charge in [0.1, 0.15) is 15.6 Å². The fourth-order valence-electron chi connectivity index (χ4n) is 1.02. The van der Waals surface area contributed by atoms with Crippen molar-refractivity contribution in [1.29, 1.82) is 0 Å². The second-order valence-corrected chi connectivity index (χ2v) is 3.08. The smallest absolute Gasteiger partial charge is 0.423 e. The maximum absolute atomic E-state index is 11.2. The van der Waals surface area contributed by atoms with E-state index in [1.807, 2.05) is 0 Å². The minimum Gasteiger partial charge on any atom is -0.423 e. The van der Waals surface area contributed by atoms with Crippen LogP contribution in [0.1, 0.15) is 0 Å². The number of hydrogen-bond acceptors (Lipinski definition) is 6. The van der Waals surface area contributed by atoms with E-state index in [4.69, 9.17) is 4.74 Å². The van der Waals surface area contributed by atoms with Gasteiger partial charge in [0.15, 0.2) is 0 Å². The van der Waals surface area contributed by atoms with E-state index in [-0.39, 0.29) is 5.75 Å². The van der Waals surface area contributed by atoms with Crippen LogP contribution >= 0.6 is 0 Å². The van der Waals surface area contributed by atoms with Crippen molar-refractivity contribution in [2.45, 2.75) is 6.17 Å². The molecule has 1 rings (SSSR count). The van der Waals surface area contributed by atoms with Crippen LogP contribution < -0.4 is 4.74 Å². The number of rotatable bonds is 5. The molecule has 0 aliphatic rings. The number of benzene rings is 1. The number of nitro groups is 2. The Labute approximate surface area is 101 Å². The lowest BCUT2D eigenvalue weighted by Crippen LogP contribution is -2.26. The molecule has 0 spiro atoms. The van der Waals surface area contributed by atoms with Gasteiger partial charge in [0.05, 0.1) is 6.08 Å². The molecular weight excluding hydrogens is 244 g/mol. The van der Waals surface area contributed by atoms with Gasteiger partial charge >= 0.3 is 12.1 Å². The van der Waals surface area contributed by atoms with Crippen LogP contribution in [0.2, 0.25) is 0 Å². The summed E-state index contributed by atoms with van der Waals surface area (Å²) in [4.78, 5) is 29.5. The van der Waals surface area contributed by atoms with Gasteiger partial charge in [-0.3, -0.25) is 20.2 Å². The molecule has 0 aliphatic heterocycles. The first-order valence-corrected chi connectivity index (χ1v) is 4.73. The Hall–Kier alpha value is -2.77. The summed E-state index contributed by atoms with van der Waals surface area (Å²) >= 11 is 0. The third-order valence-electron chi connectivity index (χ3n) is 1.80. The van der Waals surface area contributed by atoms with Crippen molar-refractivity contribution in [3.63, 3.8) is 0 Å². The van der Waals surface area contributed by atoms with Crippen LogP contribution in [0.4, 0.5) is 0 Å². The van der Waals surface area contributed by atoms with Crippen LogP contribution in [0.5, 0.6) is 5.75 Å². The van der Waals surface area contributed by atoms with Gasteiger partial charge in [-0.05, 0) is 12.1 Å². The average Bonchev–Trinajstić information content (AvgIpc) is 2.29. The van der Waals surface area contributed by atoms with Gasteiger partial charge in [0, 0.05) is 6.08 Å². The third-order valence-corrected chi connectivity index (χ3v) is 1.80. The standard InChI is InChI=1S/C10H8N2O6/c13-10(18-8-4-2-1-3-5-8)7-6-9(11(14)15)12(16)17/h1-7,9H/b7-6+. The largest absolute Gasteiger partial charge is 0.470 e. The fraction of sp³-hybridized carbons (Fsp3) is 0.100. The van der Waals surface area contributed by atoms with Crippen LogP contribution in [0.25, 0.3) is 0 Å². The first kappa shape index (κ1) is 13.3. The van der Waals surface area contributed by atoms with E-state index in [9.17, 15) is 25.0 Å². The van der Waals surface area contributed by atoms with E-state index in [0.717, 1.165) is 0 Å². The summed E-state index contributed by atoms with van der Waals surface area (Å²) in [5.41, 5.74) is 0. The second-order valence-electron chi connectivity index (χ2n) is 3.08. The van der Waals surface area contributed by atoms with Gasteiger partial charge in [0.25, 0.3) is 0 Å². The lowest BCUT2D eigenvalue weighted by atomic mass is 10.3. The molecule has 0 atom stereocenters. The topological polar surface area (TPSA) is 113 Å². The van der Waals surface area contributed by atoms with Crippen molar-refractivity contribution in [3.8, 4) is 5.75 Å². The molecule has 94 valence electrons. The average molecular weight is 252 g/mol. The maximum atomic E-state index is 11.2. The Morgan fingerprint density at radius 2 is 1.72 bits per heavy atom. The Balaban J connectivity index is 2.64. The van der Waals surface area contributed by atoms with Crippen LogP contribution in [-0.2, 0) is 4.79 Å². The first-order chi connectivity index (χ1) is 8.50. The molecule has 8 nitrogen and oxygen atoms in total. The summed E-state index contributed by atoms with van der Waals surface area (Å²) in [6.07, 6.45) is -0.942. The number of ether oxygens (including phenoxy) is 1. The molecule has 0 saturated heterocycles. The van der Waals surface area contributed by atoms with E-state index in [1.54, 1.807) is 18.2 Å². The summed E-state index contributed by atoms with van der Waals surface area (Å²) in [7, 11) is 0. The molecular formula is C10H8N2O6. The summed E-state index contributed by atoms with van der Waals surface area (Å²) in [5, 5.41) is 20.5. The van der Waals surface area contributed by atoms with Gasteiger partial charge in [-0.2, -0.15) is 0 Å². The first-order valence-electron chi connectivity index (χ1n) is 4.73. The number of esters is 1. The van der Waals surface area contributed by atoms with E-state index in [2.05, 4.69) is 0 Å². The van der Waals surface area contributed by atoms with Gasteiger partial charge in [-0.15, -0.1) is 0 Å². The van der Waals surface area contributed by atoms with E-state index < -0.39 is 22.0 Å². The van der Waals surface area contributed by atoms with Gasteiger partial charge in [0.2, 0.25) is 0 Å². The monoisotopic (exact) mass is 252 g/mol. The third kappa shape index (κ3) is 4.00. The van der Waals surface area contributed by atoms with Gasteiger partial charge in [-0.1, -0.05) is 18.2 Å². The highest BCUT2D eigenvalue weighted by molar-refractivity contribution is 5.84. The molecule has 0 heterocycles. The summed E-state index contributed by atoms with van der Waals surface area (Å²) in [6.45, 7) is 0. The molecule has 0 saturated carbocycles. The van der Waals surface area contributed by atoms with Crippen molar-refractivity contribution in [3.05, 3.63) is 62.7 Å². The zero-order valence-corrected chi connectivity index (χ0v) is 8.96. The highest BCUT2D eigenvalue weighted by Crippen LogP contribution is 2.08. The summed E-state index contributed by atoms with van der Waals surface area (Å²) in [6, 6.07) is 7.98. The Morgan fingerprint density at radius 1 is 1.17 bits per heavy atom. The molecule has 0 amide bonds. The van der Waals surface area contributed by atoms with Crippen molar-refractivity contribution < 1.29 is 19.4 Å². The molecule has 0 radical (unpaired) electrons. The van der Waals surface area contributed by atoms with Crippen molar-refractivity contribution in [1.82, 2.24) is 0 Å². The molecule has 1 aromatic rings. The number of para-hydroxylation sites is 1. The van der Waals surface area contributed by atoms with Gasteiger partial charge < -0.3 is 4.74 Å². The Kier molecular flexibility index (Phi) is 4.50. The molecule has 0 bridgehead atoms. The van der Waals surface area contributed by atoms with Crippen LogP contribution in [0.15, 0.2) is 42.5 Å². The maximum Gasteiger partial charge on any atom is 0.470 e. The normalized spacial score (nSPS) is 10.5. The van der Waals surface area contributed by atoms with Crippen LogP contribution in [0.3, 0.4) is 0 Å². The van der Waals surface area contributed by atoms with Crippen molar-refractivity contribution in [2.24, 2.45) is 0 Å². The highest BCUT2D eigenvalue weighted by atomic mass is 16.7. The SMILES string of the molecule is O=C(/C=C/C([N+](=O)[O-])[N+](=O)[O-])Oc1ccccc1. The number of carbonyl (C=O) groups is 1. The molecule has 8 heteroatoms. The number of hydrogen-bond donors (Lipinski definition) is 0. The minimum atomic E-state index is -2.16. The van der Waals surface area contributed by atoms with Gasteiger partial charge in [-0.25, -0.2) is 4.79 Å². The predicted molar refractivity (Wildman–Crippen MR) is 59.0 cm³/mol. The lowest BCUT2D eigenvalue weighted by molar-refractivity contribution is -0.727. The number of nitrogens with zero attached hydrogens (tertiary/aromatic N) is 2. The van der Waals surface area contributed by atoms with E-state index in [1.165, 1.54) is 12.1 Å². The molecule has 0 N–H and O–H groups in total. The zero-order valence-electron chi connectivity index (χ0n) is 8.96. The molecule has 0 aromatic heterocycles. The minimum absolute atomic E-state index is 0.242.